The van der Waals surface area contributed by atoms with Crippen molar-refractivity contribution in [3.8, 4) is 0 Å². The molecule has 0 aromatic carbocycles. The largest absolute Gasteiger partial charge is 0.348 e. The average Bonchev–Trinajstić information content (AvgIpc) is 2.90. The molecule has 0 saturated heterocycles. The Hall–Kier alpha value is -2.76. The van der Waals surface area contributed by atoms with Crippen molar-refractivity contribution in [2.45, 2.75) is 27.3 Å². The third-order valence-corrected chi connectivity index (χ3v) is 3.41. The molecule has 0 aliphatic heterocycles. The molecule has 3 aromatic rings. The topological polar surface area (TPSA) is 72.2 Å². The molecular weight excluding hydrogens is 278 g/mol. The highest BCUT2D eigenvalue weighted by Crippen LogP contribution is 2.09. The fourth-order valence-corrected chi connectivity index (χ4v) is 2.47. The van der Waals surface area contributed by atoms with Crippen LogP contribution in [0.25, 0.3) is 5.65 Å². The van der Waals surface area contributed by atoms with Gasteiger partial charge in [0, 0.05) is 30.2 Å². The molecule has 22 heavy (non-hydrogen) atoms. The van der Waals surface area contributed by atoms with Crippen LogP contribution in [0.1, 0.15) is 33.0 Å². The van der Waals surface area contributed by atoms with Crippen LogP contribution in [0.15, 0.2) is 30.6 Å². The van der Waals surface area contributed by atoms with Crippen LogP contribution in [-0.2, 0) is 6.54 Å². The Labute approximate surface area is 128 Å². The van der Waals surface area contributed by atoms with Crippen LogP contribution in [0, 0.1) is 20.8 Å². The van der Waals surface area contributed by atoms with Gasteiger partial charge in [0.15, 0.2) is 5.65 Å². The van der Waals surface area contributed by atoms with Gasteiger partial charge >= 0.3 is 0 Å². The molecule has 0 fully saturated rings. The van der Waals surface area contributed by atoms with E-state index in [0.717, 1.165) is 22.6 Å². The maximum Gasteiger partial charge on any atom is 0.254 e. The Balaban J connectivity index is 1.79. The first kappa shape index (κ1) is 14.2. The summed E-state index contributed by atoms with van der Waals surface area (Å²) in [5.41, 5.74) is 4.87. The highest BCUT2D eigenvalue weighted by Gasteiger charge is 2.12. The second-order valence-corrected chi connectivity index (χ2v) is 5.31. The zero-order chi connectivity index (χ0) is 15.7. The van der Waals surface area contributed by atoms with Gasteiger partial charge < -0.3 is 5.32 Å². The fourth-order valence-electron chi connectivity index (χ4n) is 2.47. The number of hydrogen-bond donors (Lipinski definition) is 1. The normalized spacial score (nSPS) is 10.9. The fraction of sp³-hybridized carbons (Fsp3) is 0.250. The molecule has 0 saturated carbocycles. The van der Waals surface area contributed by atoms with E-state index < -0.39 is 0 Å². The summed E-state index contributed by atoms with van der Waals surface area (Å²) in [6, 6.07) is 5.74. The van der Waals surface area contributed by atoms with Crippen LogP contribution in [0.4, 0.5) is 0 Å². The summed E-state index contributed by atoms with van der Waals surface area (Å²) in [6.07, 6.45) is 3.36. The molecule has 3 heterocycles. The van der Waals surface area contributed by atoms with Gasteiger partial charge in [-0.2, -0.15) is 5.10 Å². The van der Waals surface area contributed by atoms with Crippen molar-refractivity contribution in [3.05, 3.63) is 58.8 Å². The van der Waals surface area contributed by atoms with Crippen LogP contribution in [-0.4, -0.2) is 25.5 Å². The van der Waals surface area contributed by atoms with Gasteiger partial charge in [0.25, 0.3) is 5.91 Å². The third-order valence-electron chi connectivity index (χ3n) is 3.41. The number of carbonyl (C=O) groups is 1. The van der Waals surface area contributed by atoms with Gasteiger partial charge in [-0.15, -0.1) is 0 Å². The van der Waals surface area contributed by atoms with Crippen LogP contribution < -0.4 is 5.32 Å². The molecule has 0 unspecified atom stereocenters. The van der Waals surface area contributed by atoms with Gasteiger partial charge in [-0.05, 0) is 38.5 Å². The Kier molecular flexibility index (Phi) is 3.58. The van der Waals surface area contributed by atoms with Gasteiger partial charge in [-0.25, -0.2) is 9.50 Å². The van der Waals surface area contributed by atoms with E-state index in [1.54, 1.807) is 23.0 Å². The lowest BCUT2D eigenvalue weighted by atomic mass is 10.2. The van der Waals surface area contributed by atoms with Crippen LogP contribution >= 0.6 is 0 Å². The van der Waals surface area contributed by atoms with Crippen molar-refractivity contribution < 1.29 is 4.79 Å². The number of aromatic nitrogens is 4. The van der Waals surface area contributed by atoms with E-state index in [1.165, 1.54) is 0 Å². The first-order valence-corrected chi connectivity index (χ1v) is 7.06. The second kappa shape index (κ2) is 5.55. The molecule has 0 radical (unpaired) electrons. The van der Waals surface area contributed by atoms with Crippen molar-refractivity contribution in [1.82, 2.24) is 24.9 Å². The second-order valence-electron chi connectivity index (χ2n) is 5.31. The number of carbonyl (C=O) groups excluding carboxylic acids is 1. The molecule has 0 aliphatic carbocycles. The zero-order valence-electron chi connectivity index (χ0n) is 12.8. The van der Waals surface area contributed by atoms with Crippen molar-refractivity contribution in [2.75, 3.05) is 0 Å². The van der Waals surface area contributed by atoms with Gasteiger partial charge in [0.05, 0.1) is 17.5 Å². The highest BCUT2D eigenvalue weighted by molar-refractivity contribution is 5.95. The maximum absolute atomic E-state index is 12.4. The molecule has 0 spiro atoms. The number of amides is 1. The van der Waals surface area contributed by atoms with Crippen LogP contribution in [0.2, 0.25) is 0 Å². The molecule has 112 valence electrons. The van der Waals surface area contributed by atoms with Crippen molar-refractivity contribution in [2.24, 2.45) is 0 Å². The molecule has 6 heteroatoms. The number of fused-ring (bicyclic) bond motifs is 1. The van der Waals surface area contributed by atoms with Gasteiger partial charge in [-0.1, -0.05) is 0 Å². The molecule has 6 nitrogen and oxygen atoms in total. The minimum Gasteiger partial charge on any atom is -0.348 e. The summed E-state index contributed by atoms with van der Waals surface area (Å²) in [6.45, 7) is 6.17. The number of nitrogens with zero attached hydrogens (tertiary/aromatic N) is 4. The van der Waals surface area contributed by atoms with E-state index >= 15 is 0 Å². The predicted molar refractivity (Wildman–Crippen MR) is 82.6 cm³/mol. The summed E-state index contributed by atoms with van der Waals surface area (Å²) in [4.78, 5) is 21.1. The van der Waals surface area contributed by atoms with E-state index in [-0.39, 0.29) is 5.91 Å². The molecule has 3 rings (SSSR count). The number of hydrogen-bond acceptors (Lipinski definition) is 4. The third kappa shape index (κ3) is 2.81. The molecule has 0 aliphatic rings. The number of rotatable bonds is 3. The first-order valence-electron chi connectivity index (χ1n) is 7.06. The molecule has 1 amide bonds. The molecule has 0 atom stereocenters. The minimum absolute atomic E-state index is 0.158. The highest BCUT2D eigenvalue weighted by atomic mass is 16.1. The van der Waals surface area contributed by atoms with Crippen molar-refractivity contribution >= 4 is 11.6 Å². The Morgan fingerprint density at radius 3 is 2.64 bits per heavy atom. The van der Waals surface area contributed by atoms with E-state index in [4.69, 9.17) is 0 Å². The smallest absolute Gasteiger partial charge is 0.254 e. The van der Waals surface area contributed by atoms with Crippen molar-refractivity contribution in [1.29, 1.82) is 0 Å². The first-order chi connectivity index (χ1) is 10.5. The predicted octanol–water partition coefficient (Wildman–Crippen LogP) is 1.98. The molecule has 0 bridgehead atoms. The summed E-state index contributed by atoms with van der Waals surface area (Å²) in [5.74, 6) is -0.158. The number of aryl methyl sites for hydroxylation is 3. The summed E-state index contributed by atoms with van der Waals surface area (Å²) in [7, 11) is 0. The monoisotopic (exact) mass is 295 g/mol. The van der Waals surface area contributed by atoms with Crippen molar-refractivity contribution in [3.63, 3.8) is 0 Å². The standard InChI is InChI=1S/C16H17N5O/c1-10-6-13(7-11(2)19-10)8-17-16(22)14-9-21-15(4-5-18-21)20-12(14)3/h4-7,9H,8H2,1-3H3,(H,17,22). The van der Waals surface area contributed by atoms with Crippen LogP contribution in [0.3, 0.4) is 0 Å². The molecule has 1 N–H and O–H groups in total. The van der Waals surface area contributed by atoms with E-state index in [1.807, 2.05) is 32.9 Å². The van der Waals surface area contributed by atoms with E-state index in [0.29, 0.717) is 17.8 Å². The minimum atomic E-state index is -0.158. The maximum atomic E-state index is 12.4. The Bertz CT molecular complexity index is 833. The zero-order valence-corrected chi connectivity index (χ0v) is 12.8. The molecule has 3 aromatic heterocycles. The number of pyridine rings is 1. The van der Waals surface area contributed by atoms with E-state index in [2.05, 4.69) is 20.4 Å². The van der Waals surface area contributed by atoms with Gasteiger partial charge in [0.1, 0.15) is 0 Å². The Morgan fingerprint density at radius 2 is 1.91 bits per heavy atom. The quantitative estimate of drug-likeness (QED) is 0.802. The Morgan fingerprint density at radius 1 is 1.18 bits per heavy atom. The summed E-state index contributed by atoms with van der Waals surface area (Å²) >= 11 is 0. The lowest BCUT2D eigenvalue weighted by Crippen LogP contribution is -2.24. The van der Waals surface area contributed by atoms with Gasteiger partial charge in [0.2, 0.25) is 0 Å². The lowest BCUT2D eigenvalue weighted by molar-refractivity contribution is 0.0949. The van der Waals surface area contributed by atoms with E-state index in [9.17, 15) is 4.79 Å². The summed E-state index contributed by atoms with van der Waals surface area (Å²) < 4.78 is 1.60. The SMILES string of the molecule is Cc1cc(CNC(=O)c2cn3nccc3nc2C)cc(C)n1. The van der Waals surface area contributed by atoms with Crippen LogP contribution in [0.5, 0.6) is 0 Å². The lowest BCUT2D eigenvalue weighted by Gasteiger charge is -2.09. The number of nitrogens with one attached hydrogen (secondary N) is 1. The van der Waals surface area contributed by atoms with Gasteiger partial charge in [-0.3, -0.25) is 9.78 Å². The molecular formula is C16H17N5O. The summed E-state index contributed by atoms with van der Waals surface area (Å²) in [5, 5.41) is 7.03. The average molecular weight is 295 g/mol.